The second-order valence-corrected chi connectivity index (χ2v) is 5.58. The van der Waals surface area contributed by atoms with Crippen molar-refractivity contribution in [2.24, 2.45) is 41.4 Å². The maximum Gasteiger partial charge on any atom is 0.0783 e. The Hall–Kier alpha value is -0.0400. The minimum absolute atomic E-state index is 0.502. The molecule has 0 aromatic rings. The van der Waals surface area contributed by atoms with E-state index in [0.717, 1.165) is 42.1 Å². The number of rotatable bonds is 2. The molecule has 12 heavy (non-hydrogen) atoms. The zero-order valence-corrected chi connectivity index (χ0v) is 7.36. The summed E-state index contributed by atoms with van der Waals surface area (Å²) < 4.78 is 6.02. The highest BCUT2D eigenvalue weighted by Crippen LogP contribution is 2.96. The first kappa shape index (κ1) is 5.64. The summed E-state index contributed by atoms with van der Waals surface area (Å²) in [5.74, 6) is 7.84. The van der Waals surface area contributed by atoms with Gasteiger partial charge < -0.3 is 4.74 Å². The summed E-state index contributed by atoms with van der Waals surface area (Å²) in [6.07, 6.45) is 1.59. The summed E-state index contributed by atoms with van der Waals surface area (Å²) in [5.41, 5.74) is 0.502. The van der Waals surface area contributed by atoms with E-state index in [2.05, 4.69) is 6.92 Å². The van der Waals surface area contributed by atoms with Crippen LogP contribution in [0.3, 0.4) is 0 Å². The minimum atomic E-state index is 0.502. The van der Waals surface area contributed by atoms with Crippen molar-refractivity contribution in [3.8, 4) is 0 Å². The van der Waals surface area contributed by atoms with E-state index in [1.807, 2.05) is 0 Å². The highest BCUT2D eigenvalue weighted by atomic mass is 16.5. The van der Waals surface area contributed by atoms with Crippen molar-refractivity contribution >= 4 is 0 Å². The molecule has 2 bridgehead atoms. The predicted octanol–water partition coefficient (Wildman–Crippen LogP) is 1.53. The van der Waals surface area contributed by atoms with Crippen LogP contribution in [-0.2, 0) is 4.74 Å². The number of hydrogen-bond donors (Lipinski definition) is 0. The van der Waals surface area contributed by atoms with E-state index in [0.29, 0.717) is 5.60 Å². The van der Waals surface area contributed by atoms with Crippen molar-refractivity contribution in [1.29, 1.82) is 0 Å². The highest BCUT2D eigenvalue weighted by molar-refractivity contribution is 5.46. The van der Waals surface area contributed by atoms with Crippen LogP contribution in [0.15, 0.2) is 0 Å². The fraction of sp³-hybridized carbons (Fsp3) is 1.00. The Balaban J connectivity index is 1.65. The summed E-state index contributed by atoms with van der Waals surface area (Å²) in [5, 5.41) is 0. The quantitative estimate of drug-likeness (QED) is 0.598. The first-order chi connectivity index (χ1) is 5.91. The highest BCUT2D eigenvalue weighted by Gasteiger charge is 2.98. The van der Waals surface area contributed by atoms with Gasteiger partial charge in [-0.2, -0.15) is 0 Å². The zero-order valence-electron chi connectivity index (χ0n) is 7.36. The summed E-state index contributed by atoms with van der Waals surface area (Å²) in [7, 11) is 0. The molecule has 1 nitrogen and oxygen atoms in total. The Morgan fingerprint density at radius 2 is 1.92 bits per heavy atom. The van der Waals surface area contributed by atoms with Crippen LogP contribution in [0.2, 0.25) is 0 Å². The topological polar surface area (TPSA) is 9.23 Å². The SMILES string of the molecule is CCOC12C3[C@@H]4C5CC([C@H]41)[C@H]2[C@@H]53. The molecule has 0 aliphatic heterocycles. The molecule has 64 valence electrons. The van der Waals surface area contributed by atoms with Gasteiger partial charge in [0, 0.05) is 6.61 Å². The second kappa shape index (κ2) is 1.21. The summed E-state index contributed by atoms with van der Waals surface area (Å²) in [6, 6.07) is 0. The molecule has 6 aliphatic rings. The van der Waals surface area contributed by atoms with Gasteiger partial charge in [-0.15, -0.1) is 0 Å². The van der Waals surface area contributed by atoms with E-state index >= 15 is 0 Å². The Morgan fingerprint density at radius 1 is 1.17 bits per heavy atom. The maximum absolute atomic E-state index is 6.02. The Labute approximate surface area is 72.5 Å². The molecule has 0 aromatic carbocycles. The van der Waals surface area contributed by atoms with Crippen molar-refractivity contribution in [1.82, 2.24) is 0 Å². The van der Waals surface area contributed by atoms with Crippen LogP contribution in [0.25, 0.3) is 0 Å². The van der Waals surface area contributed by atoms with Crippen LogP contribution in [0.1, 0.15) is 13.3 Å². The predicted molar refractivity (Wildman–Crippen MR) is 43.4 cm³/mol. The molecule has 0 saturated heterocycles. The van der Waals surface area contributed by atoms with Crippen LogP contribution < -0.4 is 0 Å². The largest absolute Gasteiger partial charge is 0.374 e. The average Bonchev–Trinajstić information content (AvgIpc) is 2.33. The van der Waals surface area contributed by atoms with E-state index in [-0.39, 0.29) is 0 Å². The van der Waals surface area contributed by atoms with Crippen LogP contribution >= 0.6 is 0 Å². The molecule has 0 radical (unpaired) electrons. The summed E-state index contributed by atoms with van der Waals surface area (Å²) >= 11 is 0. The lowest BCUT2D eigenvalue weighted by Crippen LogP contribution is -2.93. The third kappa shape index (κ3) is 0.238. The third-order valence-corrected chi connectivity index (χ3v) is 6.07. The monoisotopic (exact) mass is 162 g/mol. The molecule has 4 unspecified atom stereocenters. The lowest BCUT2D eigenvalue weighted by atomic mass is 9.17. The second-order valence-electron chi connectivity index (χ2n) is 5.58. The van der Waals surface area contributed by atoms with Gasteiger partial charge in [0.25, 0.3) is 0 Å². The maximum atomic E-state index is 6.02. The molecule has 8 atom stereocenters. The molecule has 6 aliphatic carbocycles. The van der Waals surface area contributed by atoms with Gasteiger partial charge >= 0.3 is 0 Å². The van der Waals surface area contributed by atoms with Crippen molar-refractivity contribution in [3.05, 3.63) is 0 Å². The van der Waals surface area contributed by atoms with E-state index < -0.39 is 0 Å². The van der Waals surface area contributed by atoms with Gasteiger partial charge in [-0.25, -0.2) is 0 Å². The normalized spacial score (nSPS) is 83.2. The van der Waals surface area contributed by atoms with E-state index in [1.165, 1.54) is 5.92 Å². The molecule has 6 saturated carbocycles. The van der Waals surface area contributed by atoms with Gasteiger partial charge in [0.05, 0.1) is 5.60 Å². The minimum Gasteiger partial charge on any atom is -0.374 e. The molecule has 0 amide bonds. The van der Waals surface area contributed by atoms with Crippen LogP contribution in [-0.4, -0.2) is 12.2 Å². The van der Waals surface area contributed by atoms with E-state index in [1.54, 1.807) is 6.42 Å². The molecule has 6 rings (SSSR count). The number of hydrogen-bond acceptors (Lipinski definition) is 1. The Morgan fingerprint density at radius 3 is 2.50 bits per heavy atom. The van der Waals surface area contributed by atoms with Crippen molar-refractivity contribution in [2.45, 2.75) is 18.9 Å². The third-order valence-electron chi connectivity index (χ3n) is 6.07. The molecule has 0 heterocycles. The molecule has 1 heteroatoms. The summed E-state index contributed by atoms with van der Waals surface area (Å²) in [6.45, 7) is 3.12. The summed E-state index contributed by atoms with van der Waals surface area (Å²) in [4.78, 5) is 0. The molecule has 0 aromatic heterocycles. The lowest BCUT2D eigenvalue weighted by Gasteiger charge is -2.90. The van der Waals surface area contributed by atoms with Gasteiger partial charge in [-0.05, 0) is 54.8 Å². The van der Waals surface area contributed by atoms with Crippen molar-refractivity contribution in [3.63, 3.8) is 0 Å². The lowest BCUT2D eigenvalue weighted by molar-refractivity contribution is -0.479. The van der Waals surface area contributed by atoms with Gasteiger partial charge in [0.15, 0.2) is 0 Å². The zero-order chi connectivity index (χ0) is 7.66. The fourth-order valence-corrected chi connectivity index (χ4v) is 6.32. The van der Waals surface area contributed by atoms with Gasteiger partial charge in [0.2, 0.25) is 0 Å². The van der Waals surface area contributed by atoms with Crippen LogP contribution in [0.5, 0.6) is 0 Å². The van der Waals surface area contributed by atoms with E-state index in [9.17, 15) is 0 Å². The molecular weight excluding hydrogens is 148 g/mol. The van der Waals surface area contributed by atoms with Crippen LogP contribution in [0.4, 0.5) is 0 Å². The number of ether oxygens (including phenoxy) is 1. The Bertz CT molecular complexity index is 273. The van der Waals surface area contributed by atoms with Gasteiger partial charge in [-0.3, -0.25) is 0 Å². The van der Waals surface area contributed by atoms with Gasteiger partial charge in [-0.1, -0.05) is 0 Å². The fourth-order valence-electron chi connectivity index (χ4n) is 6.32. The average molecular weight is 162 g/mol. The van der Waals surface area contributed by atoms with Gasteiger partial charge in [0.1, 0.15) is 0 Å². The molecule has 0 N–H and O–H groups in total. The first-order valence-corrected chi connectivity index (χ1v) is 5.55. The van der Waals surface area contributed by atoms with Crippen molar-refractivity contribution < 1.29 is 4.74 Å². The standard InChI is InChI=1S/C11H14O/c1-2-12-11-8-5-3-4-6(8)10(11)7(4)9(5)11/h4-10H,2-3H2,1H3/t4?,5?,6-,7-,8-,9+,10?,11?/m1/s1. The Kier molecular flexibility index (Phi) is 0.569. The first-order valence-electron chi connectivity index (χ1n) is 5.55. The molecule has 6 fully saturated rings. The smallest absolute Gasteiger partial charge is 0.0783 e. The molecule has 0 spiro atoms. The van der Waals surface area contributed by atoms with Crippen molar-refractivity contribution in [2.75, 3.05) is 6.61 Å². The van der Waals surface area contributed by atoms with Crippen LogP contribution in [0, 0.1) is 41.4 Å². The molecular formula is C11H14O. The van der Waals surface area contributed by atoms with E-state index in [4.69, 9.17) is 4.74 Å².